The summed E-state index contributed by atoms with van der Waals surface area (Å²) in [5.74, 6) is -0.677. The number of hydrogen-bond acceptors (Lipinski definition) is 6. The molecule has 5 rings (SSSR count). The van der Waals surface area contributed by atoms with Crippen molar-refractivity contribution in [2.75, 3.05) is 6.61 Å². The number of benzene rings is 1. The Bertz CT molecular complexity index is 1500. The van der Waals surface area contributed by atoms with Crippen LogP contribution in [0.25, 0.3) is 11.0 Å². The molecular weight excluding hydrogens is 480 g/mol. The van der Waals surface area contributed by atoms with Gasteiger partial charge in [-0.1, -0.05) is 49.2 Å². The van der Waals surface area contributed by atoms with Crippen molar-refractivity contribution in [3.8, 4) is 5.75 Å². The smallest absolute Gasteiger partial charge is 0.363 e. The Labute approximate surface area is 221 Å². The van der Waals surface area contributed by atoms with Gasteiger partial charge in [0, 0.05) is 17.8 Å². The fraction of sp³-hybridized carbons (Fsp3) is 0.333. The number of carbonyl (C=O) groups is 1. The molecule has 0 N–H and O–H groups in total. The van der Waals surface area contributed by atoms with Gasteiger partial charge in [-0.15, -0.1) is 6.58 Å². The summed E-state index contributed by atoms with van der Waals surface area (Å²) in [6.07, 6.45) is 12.2. The van der Waals surface area contributed by atoms with Gasteiger partial charge < -0.3 is 14.0 Å². The second kappa shape index (κ2) is 11.0. The van der Waals surface area contributed by atoms with E-state index in [2.05, 4.69) is 34.6 Å². The zero-order valence-corrected chi connectivity index (χ0v) is 21.6. The Morgan fingerprint density at radius 3 is 2.68 bits per heavy atom. The first-order chi connectivity index (χ1) is 18.5. The van der Waals surface area contributed by atoms with Crippen LogP contribution in [0, 0.1) is 0 Å². The molecule has 0 amide bonds. The lowest BCUT2D eigenvalue weighted by atomic mass is 9.97. The van der Waals surface area contributed by atoms with Gasteiger partial charge in [-0.3, -0.25) is 9.48 Å². The van der Waals surface area contributed by atoms with Crippen LogP contribution in [0.4, 0.5) is 0 Å². The van der Waals surface area contributed by atoms with Crippen molar-refractivity contribution in [2.45, 2.75) is 57.7 Å². The first-order valence-electron chi connectivity index (χ1n) is 13.1. The van der Waals surface area contributed by atoms with Crippen molar-refractivity contribution in [1.82, 2.24) is 19.3 Å². The van der Waals surface area contributed by atoms with Crippen LogP contribution in [0.3, 0.4) is 0 Å². The minimum absolute atomic E-state index is 0.0737. The molecule has 1 aromatic carbocycles. The number of allylic oxidation sites excluding steroid dienone is 1. The highest BCUT2D eigenvalue weighted by Gasteiger charge is 2.38. The summed E-state index contributed by atoms with van der Waals surface area (Å²) in [6.45, 7) is 6.33. The Hall–Kier alpha value is -4.20. The molecule has 1 fully saturated rings. The van der Waals surface area contributed by atoms with Gasteiger partial charge in [-0.05, 0) is 49.4 Å². The SMILES string of the molecule is C=CCc1cnc2c(ccn2C2(Cn3cc(OCc4ccccc4)c(=O)c(C(=O)OCC)n3)CCCC2)c1. The largest absolute Gasteiger partial charge is 0.483 e. The molecule has 0 radical (unpaired) electrons. The van der Waals surface area contributed by atoms with Gasteiger partial charge in [0.15, 0.2) is 5.75 Å². The third-order valence-corrected chi connectivity index (χ3v) is 7.10. The molecule has 1 aliphatic rings. The highest BCUT2D eigenvalue weighted by Crippen LogP contribution is 2.40. The quantitative estimate of drug-likeness (QED) is 0.218. The van der Waals surface area contributed by atoms with Crippen molar-refractivity contribution >= 4 is 17.0 Å². The maximum atomic E-state index is 13.1. The summed E-state index contributed by atoms with van der Waals surface area (Å²) < 4.78 is 15.0. The molecule has 0 atom stereocenters. The summed E-state index contributed by atoms with van der Waals surface area (Å²) in [6, 6.07) is 13.8. The van der Waals surface area contributed by atoms with Crippen molar-refractivity contribution < 1.29 is 14.3 Å². The minimum Gasteiger partial charge on any atom is -0.483 e. The third-order valence-electron chi connectivity index (χ3n) is 7.10. The van der Waals surface area contributed by atoms with E-state index < -0.39 is 11.4 Å². The van der Waals surface area contributed by atoms with Gasteiger partial charge in [0.25, 0.3) is 5.43 Å². The molecule has 4 aromatic rings. The average Bonchev–Trinajstić information content (AvgIpc) is 3.57. The van der Waals surface area contributed by atoms with Crippen molar-refractivity contribution in [3.63, 3.8) is 0 Å². The number of nitrogens with zero attached hydrogens (tertiary/aromatic N) is 4. The molecule has 8 heteroatoms. The van der Waals surface area contributed by atoms with Gasteiger partial charge in [0.2, 0.25) is 5.69 Å². The second-order valence-electron chi connectivity index (χ2n) is 9.73. The first-order valence-corrected chi connectivity index (χ1v) is 13.1. The molecule has 8 nitrogen and oxygen atoms in total. The van der Waals surface area contributed by atoms with E-state index >= 15 is 0 Å². The number of rotatable bonds is 10. The van der Waals surface area contributed by atoms with Crippen LogP contribution in [0.5, 0.6) is 5.75 Å². The summed E-state index contributed by atoms with van der Waals surface area (Å²) >= 11 is 0. The highest BCUT2D eigenvalue weighted by atomic mass is 16.5. The van der Waals surface area contributed by atoms with Gasteiger partial charge >= 0.3 is 5.97 Å². The predicted octanol–water partition coefficient (Wildman–Crippen LogP) is 5.05. The summed E-state index contributed by atoms with van der Waals surface area (Å²) in [4.78, 5) is 30.6. The zero-order chi connectivity index (χ0) is 26.5. The number of carbonyl (C=O) groups excluding carboxylic acids is 1. The number of hydrogen-bond donors (Lipinski definition) is 0. The molecule has 0 bridgehead atoms. The third kappa shape index (κ3) is 5.11. The van der Waals surface area contributed by atoms with Crippen LogP contribution in [0.1, 0.15) is 54.2 Å². The van der Waals surface area contributed by atoms with Crippen molar-refractivity contribution in [3.05, 3.63) is 101 Å². The number of esters is 1. The van der Waals surface area contributed by atoms with Gasteiger partial charge in [0.1, 0.15) is 12.3 Å². The van der Waals surface area contributed by atoms with E-state index in [1.165, 1.54) is 0 Å². The number of ether oxygens (including phenoxy) is 2. The average molecular weight is 513 g/mol. The van der Waals surface area contributed by atoms with E-state index in [0.29, 0.717) is 6.54 Å². The lowest BCUT2D eigenvalue weighted by molar-refractivity contribution is 0.0512. The maximum Gasteiger partial charge on any atom is 0.363 e. The van der Waals surface area contributed by atoms with Crippen molar-refractivity contribution in [2.24, 2.45) is 0 Å². The number of aromatic nitrogens is 4. The number of fused-ring (bicyclic) bond motifs is 1. The Balaban J connectivity index is 1.53. The topological polar surface area (TPSA) is 88.2 Å². The molecule has 38 heavy (non-hydrogen) atoms. The predicted molar refractivity (Wildman–Crippen MR) is 145 cm³/mol. The highest BCUT2D eigenvalue weighted by molar-refractivity contribution is 5.87. The molecule has 0 aliphatic heterocycles. The lowest BCUT2D eigenvalue weighted by Gasteiger charge is -2.32. The minimum atomic E-state index is -0.750. The summed E-state index contributed by atoms with van der Waals surface area (Å²) in [5.41, 5.74) is 1.80. The molecule has 1 aliphatic carbocycles. The lowest BCUT2D eigenvalue weighted by Crippen LogP contribution is -2.37. The molecular formula is C30H32N4O4. The Morgan fingerprint density at radius 1 is 1.16 bits per heavy atom. The van der Waals surface area contributed by atoms with Crippen LogP contribution >= 0.6 is 0 Å². The zero-order valence-electron chi connectivity index (χ0n) is 21.6. The van der Waals surface area contributed by atoms with Crippen LogP contribution in [0.2, 0.25) is 0 Å². The van der Waals surface area contributed by atoms with Crippen LogP contribution in [-0.4, -0.2) is 31.9 Å². The Kier molecular flexibility index (Phi) is 7.40. The van der Waals surface area contributed by atoms with Gasteiger partial charge in [-0.25, -0.2) is 9.78 Å². The van der Waals surface area contributed by atoms with E-state index in [1.807, 2.05) is 42.6 Å². The van der Waals surface area contributed by atoms with E-state index in [-0.39, 0.29) is 30.2 Å². The molecule has 3 heterocycles. The van der Waals surface area contributed by atoms with Crippen LogP contribution < -0.4 is 10.2 Å². The second-order valence-corrected chi connectivity index (χ2v) is 9.73. The van der Waals surface area contributed by atoms with Crippen molar-refractivity contribution in [1.29, 1.82) is 0 Å². The van der Waals surface area contributed by atoms with E-state index in [4.69, 9.17) is 14.5 Å². The fourth-order valence-corrected chi connectivity index (χ4v) is 5.31. The first kappa shape index (κ1) is 25.4. The molecule has 0 spiro atoms. The normalized spacial score (nSPS) is 14.4. The van der Waals surface area contributed by atoms with Gasteiger partial charge in [0.05, 0.1) is 24.9 Å². The number of pyridine rings is 1. The van der Waals surface area contributed by atoms with Crippen LogP contribution in [0.15, 0.2) is 78.5 Å². The molecule has 0 unspecified atom stereocenters. The summed E-state index contributed by atoms with van der Waals surface area (Å²) in [7, 11) is 0. The molecule has 0 saturated heterocycles. The van der Waals surface area contributed by atoms with Crippen LogP contribution in [-0.2, 0) is 29.8 Å². The maximum absolute atomic E-state index is 13.1. The summed E-state index contributed by atoms with van der Waals surface area (Å²) in [5, 5.41) is 5.52. The van der Waals surface area contributed by atoms with Gasteiger partial charge in [-0.2, -0.15) is 5.10 Å². The monoisotopic (exact) mass is 512 g/mol. The molecule has 196 valence electrons. The molecule has 1 saturated carbocycles. The Morgan fingerprint density at radius 2 is 1.95 bits per heavy atom. The van der Waals surface area contributed by atoms with E-state index in [1.54, 1.807) is 17.8 Å². The molecule has 3 aromatic heterocycles. The van der Waals surface area contributed by atoms with E-state index in [9.17, 15) is 9.59 Å². The standard InChI is InChI=1S/C30H32N4O4/c1-3-10-23-17-24-13-16-34(28(24)31-18-23)30(14-8-9-15-30)21-33-19-25(38-20-22-11-6-5-7-12-22)27(35)26(32-33)29(36)37-4-2/h3,5-7,11-13,16-19H,1,4,8-10,14-15,20-21H2,2H3. The van der Waals surface area contributed by atoms with E-state index in [0.717, 1.165) is 54.3 Å². The fourth-order valence-electron chi connectivity index (χ4n) is 5.31.